The number of benzene rings is 3. The van der Waals surface area contributed by atoms with Gasteiger partial charge in [0.2, 0.25) is 0 Å². The fourth-order valence-electron chi connectivity index (χ4n) is 4.56. The zero-order valence-corrected chi connectivity index (χ0v) is 21.3. The first-order valence-electron chi connectivity index (χ1n) is 13.0. The van der Waals surface area contributed by atoms with Crippen LogP contribution in [0.3, 0.4) is 0 Å². The molecule has 0 fully saturated rings. The molecule has 2 amide bonds. The van der Waals surface area contributed by atoms with Crippen LogP contribution in [-0.4, -0.2) is 54.4 Å². The minimum Gasteiger partial charge on any atom is -0.492 e. The number of amides is 2. The van der Waals surface area contributed by atoms with E-state index in [-0.39, 0.29) is 11.8 Å². The molecule has 0 aliphatic carbocycles. The maximum absolute atomic E-state index is 12.5. The Bertz CT molecular complexity index is 1140. The average Bonchev–Trinajstić information content (AvgIpc) is 3.15. The second-order valence-corrected chi connectivity index (χ2v) is 9.47. The number of carbonyl (C=O) groups is 2. The Kier molecular flexibility index (Phi) is 9.16. The predicted molar refractivity (Wildman–Crippen MR) is 148 cm³/mol. The predicted octanol–water partition coefficient (Wildman–Crippen LogP) is 4.63. The lowest BCUT2D eigenvalue weighted by atomic mass is 10.1. The minimum absolute atomic E-state index is 0.171. The Morgan fingerprint density at radius 3 is 1.92 bits per heavy atom. The molecule has 0 aromatic heterocycles. The van der Waals surface area contributed by atoms with Gasteiger partial charge in [0, 0.05) is 31.0 Å². The topological polar surface area (TPSA) is 102 Å². The summed E-state index contributed by atoms with van der Waals surface area (Å²) < 4.78 is 5.92. The number of nitrogen functional groups attached to an aromatic ring is 2. The van der Waals surface area contributed by atoms with Crippen molar-refractivity contribution in [2.24, 2.45) is 0 Å². The summed E-state index contributed by atoms with van der Waals surface area (Å²) in [6.07, 6.45) is 4.83. The van der Waals surface area contributed by atoms with Gasteiger partial charge in [-0.2, -0.15) is 0 Å². The lowest BCUT2D eigenvalue weighted by Crippen LogP contribution is -2.32. The van der Waals surface area contributed by atoms with Gasteiger partial charge in [0.15, 0.2) is 0 Å². The number of fused-ring (bicyclic) bond motifs is 1. The highest BCUT2D eigenvalue weighted by Gasteiger charge is 2.34. The van der Waals surface area contributed by atoms with Gasteiger partial charge in [0.05, 0.1) is 11.1 Å². The van der Waals surface area contributed by atoms with Gasteiger partial charge < -0.3 is 16.2 Å². The lowest BCUT2D eigenvalue weighted by Gasteiger charge is -2.23. The zero-order valence-electron chi connectivity index (χ0n) is 21.3. The van der Waals surface area contributed by atoms with Gasteiger partial charge in [-0.15, -0.1) is 0 Å². The van der Waals surface area contributed by atoms with Gasteiger partial charge in [0.1, 0.15) is 12.4 Å². The molecule has 0 spiro atoms. The Morgan fingerprint density at radius 2 is 1.27 bits per heavy atom. The number of unbranched alkanes of at least 4 members (excludes halogenated alkanes) is 3. The van der Waals surface area contributed by atoms with Crippen molar-refractivity contribution in [3.63, 3.8) is 0 Å². The number of imide groups is 1. The fourth-order valence-corrected chi connectivity index (χ4v) is 4.56. The molecular weight excluding hydrogens is 464 g/mol. The summed E-state index contributed by atoms with van der Waals surface area (Å²) >= 11 is 0. The van der Waals surface area contributed by atoms with Crippen LogP contribution in [0.4, 0.5) is 11.4 Å². The maximum atomic E-state index is 12.5. The van der Waals surface area contributed by atoms with Gasteiger partial charge in [-0.05, 0) is 79.9 Å². The number of nitrogens with zero attached hydrogens (tertiary/aromatic N) is 2. The Labute approximate surface area is 219 Å². The fraction of sp³-hybridized carbons (Fsp3) is 0.333. The number of ether oxygens (including phenoxy) is 1. The van der Waals surface area contributed by atoms with Gasteiger partial charge in [-0.1, -0.05) is 37.1 Å². The van der Waals surface area contributed by atoms with Crippen molar-refractivity contribution in [2.75, 3.05) is 44.3 Å². The highest BCUT2D eigenvalue weighted by Crippen LogP contribution is 2.23. The third-order valence-electron chi connectivity index (χ3n) is 6.74. The zero-order chi connectivity index (χ0) is 26.0. The van der Waals surface area contributed by atoms with E-state index < -0.39 is 0 Å². The van der Waals surface area contributed by atoms with E-state index in [1.807, 2.05) is 36.4 Å². The first kappa shape index (κ1) is 26.2. The van der Waals surface area contributed by atoms with E-state index in [1.54, 1.807) is 24.3 Å². The largest absolute Gasteiger partial charge is 0.492 e. The molecule has 0 atom stereocenters. The van der Waals surface area contributed by atoms with Gasteiger partial charge in [-0.25, -0.2) is 0 Å². The van der Waals surface area contributed by atoms with Gasteiger partial charge in [-0.3, -0.25) is 19.4 Å². The molecule has 4 N–H and O–H groups in total. The van der Waals surface area contributed by atoms with E-state index in [0.717, 1.165) is 68.9 Å². The molecule has 0 saturated heterocycles. The number of nitrogens with two attached hydrogens (primary N) is 2. The average molecular weight is 501 g/mol. The molecule has 7 nitrogen and oxygen atoms in total. The van der Waals surface area contributed by atoms with Crippen molar-refractivity contribution in [3.05, 3.63) is 89.5 Å². The van der Waals surface area contributed by atoms with Crippen LogP contribution in [0.15, 0.2) is 72.8 Å². The van der Waals surface area contributed by atoms with Crippen LogP contribution in [0.1, 0.15) is 52.0 Å². The summed E-state index contributed by atoms with van der Waals surface area (Å²) in [5.74, 6) is 0.479. The molecule has 4 rings (SSSR count). The van der Waals surface area contributed by atoms with Crippen molar-refractivity contribution < 1.29 is 14.3 Å². The van der Waals surface area contributed by atoms with Crippen molar-refractivity contribution in [3.8, 4) is 5.75 Å². The number of hydrogen-bond donors (Lipinski definition) is 2. The second kappa shape index (κ2) is 12.9. The van der Waals surface area contributed by atoms with Crippen LogP contribution >= 0.6 is 0 Å². The van der Waals surface area contributed by atoms with Gasteiger partial charge >= 0.3 is 0 Å². The summed E-state index contributed by atoms with van der Waals surface area (Å²) in [4.78, 5) is 28.8. The van der Waals surface area contributed by atoms with E-state index in [1.165, 1.54) is 10.5 Å². The second-order valence-electron chi connectivity index (χ2n) is 9.47. The van der Waals surface area contributed by atoms with E-state index >= 15 is 0 Å². The molecule has 1 aliphatic rings. The third kappa shape index (κ3) is 7.33. The summed E-state index contributed by atoms with van der Waals surface area (Å²) in [5.41, 5.74) is 15.4. The Hall–Kier alpha value is -3.84. The molecule has 7 heteroatoms. The standard InChI is InChI=1S/C30H36N4O3/c31-24-11-9-23(10-12-24)17-20-33(21-22-37-26-15-13-25(32)14-16-26)18-5-1-2-6-19-34-29(35)27-7-3-4-8-28(27)30(34)36/h3-4,7-16H,1-2,5-6,17-22,31-32H2. The Morgan fingerprint density at radius 1 is 0.676 bits per heavy atom. The smallest absolute Gasteiger partial charge is 0.261 e. The monoisotopic (exact) mass is 500 g/mol. The van der Waals surface area contributed by atoms with Crippen molar-refractivity contribution in [2.45, 2.75) is 32.1 Å². The molecular formula is C30H36N4O3. The first-order valence-corrected chi connectivity index (χ1v) is 13.0. The van der Waals surface area contributed by atoms with Crippen molar-refractivity contribution in [1.82, 2.24) is 9.80 Å². The summed E-state index contributed by atoms with van der Waals surface area (Å²) in [5, 5.41) is 0. The summed E-state index contributed by atoms with van der Waals surface area (Å²) in [6.45, 7) is 3.81. The number of rotatable bonds is 14. The van der Waals surface area contributed by atoms with Crippen LogP contribution in [0.2, 0.25) is 0 Å². The normalized spacial score (nSPS) is 12.8. The molecule has 3 aromatic carbocycles. The molecule has 0 saturated carbocycles. The van der Waals surface area contributed by atoms with E-state index in [9.17, 15) is 9.59 Å². The molecule has 0 bridgehead atoms. The summed E-state index contributed by atoms with van der Waals surface area (Å²) in [7, 11) is 0. The summed E-state index contributed by atoms with van der Waals surface area (Å²) in [6, 6.07) is 22.6. The highest BCUT2D eigenvalue weighted by molar-refractivity contribution is 6.21. The minimum atomic E-state index is -0.171. The number of carbonyl (C=O) groups excluding carboxylic acids is 2. The van der Waals surface area contributed by atoms with Crippen molar-refractivity contribution >= 4 is 23.2 Å². The van der Waals surface area contributed by atoms with E-state index in [4.69, 9.17) is 16.2 Å². The number of anilines is 2. The first-order chi connectivity index (χ1) is 18.0. The third-order valence-corrected chi connectivity index (χ3v) is 6.74. The highest BCUT2D eigenvalue weighted by atomic mass is 16.5. The van der Waals surface area contributed by atoms with Crippen LogP contribution in [0, 0.1) is 0 Å². The molecule has 0 radical (unpaired) electrons. The molecule has 1 heterocycles. The van der Waals surface area contributed by atoms with Crippen molar-refractivity contribution in [1.29, 1.82) is 0 Å². The number of hydrogen-bond acceptors (Lipinski definition) is 6. The van der Waals surface area contributed by atoms with Gasteiger partial charge in [0.25, 0.3) is 11.8 Å². The SMILES string of the molecule is Nc1ccc(CCN(CCCCCCN2C(=O)c3ccccc3C2=O)CCOc2ccc(N)cc2)cc1. The molecule has 1 aliphatic heterocycles. The molecule has 3 aromatic rings. The van der Waals surface area contributed by atoms with Crippen LogP contribution < -0.4 is 16.2 Å². The van der Waals surface area contributed by atoms with Crippen LogP contribution in [0.25, 0.3) is 0 Å². The lowest BCUT2D eigenvalue weighted by molar-refractivity contribution is 0.0651. The van der Waals surface area contributed by atoms with E-state index in [0.29, 0.717) is 24.3 Å². The quantitative estimate of drug-likeness (QED) is 0.190. The van der Waals surface area contributed by atoms with Crippen LogP contribution in [-0.2, 0) is 6.42 Å². The van der Waals surface area contributed by atoms with Crippen LogP contribution in [0.5, 0.6) is 5.75 Å². The maximum Gasteiger partial charge on any atom is 0.261 e. The Balaban J connectivity index is 1.20. The molecule has 37 heavy (non-hydrogen) atoms. The van der Waals surface area contributed by atoms with E-state index in [2.05, 4.69) is 17.0 Å². The molecule has 0 unspecified atom stereocenters. The molecule has 194 valence electrons.